The Bertz CT molecular complexity index is 529. The van der Waals surface area contributed by atoms with E-state index >= 15 is 0 Å². The molecule has 0 radical (unpaired) electrons. The van der Waals surface area contributed by atoms with Crippen molar-refractivity contribution in [1.29, 1.82) is 0 Å². The number of rotatable bonds is 5. The van der Waals surface area contributed by atoms with Gasteiger partial charge in [-0.25, -0.2) is 4.79 Å². The predicted octanol–water partition coefficient (Wildman–Crippen LogP) is 2.83. The van der Waals surface area contributed by atoms with Gasteiger partial charge in [0.25, 0.3) is 5.91 Å². The van der Waals surface area contributed by atoms with Crippen LogP contribution in [0.2, 0.25) is 0 Å². The highest BCUT2D eigenvalue weighted by Crippen LogP contribution is 2.17. The number of anilines is 1. The summed E-state index contributed by atoms with van der Waals surface area (Å²) in [5, 5.41) is 11.5. The zero-order valence-electron chi connectivity index (χ0n) is 12.1. The van der Waals surface area contributed by atoms with E-state index in [1.165, 1.54) is 13.8 Å². The first-order valence-electron chi connectivity index (χ1n) is 6.30. The molecule has 5 nitrogen and oxygen atoms in total. The van der Waals surface area contributed by atoms with Gasteiger partial charge in [-0.15, -0.1) is 0 Å². The van der Waals surface area contributed by atoms with Crippen molar-refractivity contribution in [1.82, 2.24) is 0 Å². The number of benzene rings is 1. The molecule has 0 unspecified atom stereocenters. The molecule has 0 saturated carbocycles. The number of ether oxygens (including phenoxy) is 1. The zero-order valence-corrected chi connectivity index (χ0v) is 12.1. The summed E-state index contributed by atoms with van der Waals surface area (Å²) in [6, 6.07) is 6.91. The van der Waals surface area contributed by atoms with E-state index in [0.29, 0.717) is 11.4 Å². The van der Waals surface area contributed by atoms with Crippen molar-refractivity contribution >= 4 is 17.6 Å². The molecule has 0 bridgehead atoms. The number of carboxylic acid groups (broad SMARTS) is 1. The van der Waals surface area contributed by atoms with Crippen LogP contribution in [0.4, 0.5) is 5.69 Å². The second-order valence-electron chi connectivity index (χ2n) is 4.70. The molecule has 5 heteroatoms. The van der Waals surface area contributed by atoms with Crippen LogP contribution < -0.4 is 10.1 Å². The van der Waals surface area contributed by atoms with Crippen molar-refractivity contribution in [3.63, 3.8) is 0 Å². The summed E-state index contributed by atoms with van der Waals surface area (Å²) in [5.41, 5.74) is 0.797. The molecular weight excluding hydrogens is 258 g/mol. The van der Waals surface area contributed by atoms with Crippen LogP contribution in [0.3, 0.4) is 0 Å². The third-order valence-corrected chi connectivity index (χ3v) is 2.71. The SMILES string of the molecule is CC(C(=O)O)=C(C)C(=O)Nc1ccc(OC(C)C)cc1. The van der Waals surface area contributed by atoms with E-state index in [0.717, 1.165) is 0 Å². The largest absolute Gasteiger partial charge is 0.491 e. The molecule has 0 atom stereocenters. The maximum atomic E-state index is 11.9. The summed E-state index contributed by atoms with van der Waals surface area (Å²) in [4.78, 5) is 22.6. The summed E-state index contributed by atoms with van der Waals surface area (Å²) in [7, 11) is 0. The molecule has 0 aliphatic carbocycles. The fourth-order valence-electron chi connectivity index (χ4n) is 1.44. The van der Waals surface area contributed by atoms with E-state index in [2.05, 4.69) is 5.32 Å². The maximum absolute atomic E-state index is 11.9. The van der Waals surface area contributed by atoms with Gasteiger partial charge in [-0.05, 0) is 52.0 Å². The van der Waals surface area contributed by atoms with Crippen LogP contribution >= 0.6 is 0 Å². The molecule has 20 heavy (non-hydrogen) atoms. The Balaban J connectivity index is 2.77. The molecule has 1 aromatic rings. The monoisotopic (exact) mass is 277 g/mol. The van der Waals surface area contributed by atoms with Gasteiger partial charge in [0.1, 0.15) is 5.75 Å². The third kappa shape index (κ3) is 4.42. The quantitative estimate of drug-likeness (QED) is 0.811. The molecule has 2 N–H and O–H groups in total. The molecule has 0 spiro atoms. The van der Waals surface area contributed by atoms with Gasteiger partial charge in [0.2, 0.25) is 0 Å². The maximum Gasteiger partial charge on any atom is 0.331 e. The normalized spacial score (nSPS) is 11.8. The minimum Gasteiger partial charge on any atom is -0.491 e. The van der Waals surface area contributed by atoms with E-state index in [4.69, 9.17) is 9.84 Å². The molecule has 0 aromatic heterocycles. The molecule has 0 aliphatic heterocycles. The second kappa shape index (κ2) is 6.75. The number of carboxylic acids is 1. The lowest BCUT2D eigenvalue weighted by Crippen LogP contribution is -2.16. The van der Waals surface area contributed by atoms with Crippen LogP contribution in [0.25, 0.3) is 0 Å². The zero-order chi connectivity index (χ0) is 15.3. The Hall–Kier alpha value is -2.30. The first-order valence-corrected chi connectivity index (χ1v) is 6.30. The van der Waals surface area contributed by atoms with Crippen LogP contribution in [0.15, 0.2) is 35.4 Å². The van der Waals surface area contributed by atoms with Crippen molar-refractivity contribution in [2.24, 2.45) is 0 Å². The molecule has 0 aliphatic rings. The molecular formula is C15H19NO4. The van der Waals surface area contributed by atoms with Gasteiger partial charge in [-0.3, -0.25) is 4.79 Å². The first kappa shape index (κ1) is 15.8. The van der Waals surface area contributed by atoms with Crippen molar-refractivity contribution in [2.45, 2.75) is 33.8 Å². The number of hydrogen-bond donors (Lipinski definition) is 2. The molecule has 1 aromatic carbocycles. The standard InChI is InChI=1S/C15H19NO4/c1-9(2)20-13-7-5-12(6-8-13)16-14(17)10(3)11(4)15(18)19/h5-9H,1-4H3,(H,16,17)(H,18,19). The van der Waals surface area contributed by atoms with Crippen molar-refractivity contribution in [3.05, 3.63) is 35.4 Å². The summed E-state index contributed by atoms with van der Waals surface area (Å²) in [6.07, 6.45) is 0.0823. The number of hydrogen-bond acceptors (Lipinski definition) is 3. The fourth-order valence-corrected chi connectivity index (χ4v) is 1.44. The number of nitrogens with one attached hydrogen (secondary N) is 1. The van der Waals surface area contributed by atoms with Crippen molar-refractivity contribution in [2.75, 3.05) is 5.32 Å². The highest BCUT2D eigenvalue weighted by atomic mass is 16.5. The van der Waals surface area contributed by atoms with Gasteiger partial charge in [0, 0.05) is 16.8 Å². The van der Waals surface area contributed by atoms with Crippen LogP contribution in [-0.4, -0.2) is 23.1 Å². The molecule has 1 rings (SSSR count). The van der Waals surface area contributed by atoms with E-state index in [-0.39, 0.29) is 17.3 Å². The fraction of sp³-hybridized carbons (Fsp3) is 0.333. The lowest BCUT2D eigenvalue weighted by atomic mass is 10.1. The van der Waals surface area contributed by atoms with E-state index in [1.807, 2.05) is 13.8 Å². The lowest BCUT2D eigenvalue weighted by Gasteiger charge is -2.11. The smallest absolute Gasteiger partial charge is 0.331 e. The van der Waals surface area contributed by atoms with E-state index in [9.17, 15) is 9.59 Å². The summed E-state index contributed by atoms with van der Waals surface area (Å²) in [5.74, 6) is -0.812. The minimum atomic E-state index is -1.10. The Morgan fingerprint density at radius 2 is 1.65 bits per heavy atom. The Morgan fingerprint density at radius 3 is 2.10 bits per heavy atom. The average molecular weight is 277 g/mol. The van der Waals surface area contributed by atoms with Gasteiger partial charge in [0.15, 0.2) is 0 Å². The summed E-state index contributed by atoms with van der Waals surface area (Å²) >= 11 is 0. The van der Waals surface area contributed by atoms with Crippen LogP contribution in [0.1, 0.15) is 27.7 Å². The molecule has 0 saturated heterocycles. The average Bonchev–Trinajstić information content (AvgIpc) is 2.38. The minimum absolute atomic E-state index is 0.0299. The van der Waals surface area contributed by atoms with Crippen LogP contribution in [-0.2, 0) is 9.59 Å². The highest BCUT2D eigenvalue weighted by molar-refractivity contribution is 6.08. The number of carbonyl (C=O) groups is 2. The topological polar surface area (TPSA) is 75.6 Å². The molecule has 1 amide bonds. The Morgan fingerprint density at radius 1 is 1.10 bits per heavy atom. The Labute approximate surface area is 118 Å². The first-order chi connectivity index (χ1) is 9.31. The third-order valence-electron chi connectivity index (χ3n) is 2.71. The van der Waals surface area contributed by atoms with Gasteiger partial charge in [0.05, 0.1) is 6.10 Å². The molecule has 0 fully saturated rings. The molecule has 108 valence electrons. The second-order valence-corrected chi connectivity index (χ2v) is 4.70. The van der Waals surface area contributed by atoms with Crippen molar-refractivity contribution in [3.8, 4) is 5.75 Å². The number of aliphatic carboxylic acids is 1. The summed E-state index contributed by atoms with van der Waals surface area (Å²) in [6.45, 7) is 6.74. The van der Waals surface area contributed by atoms with E-state index < -0.39 is 11.9 Å². The van der Waals surface area contributed by atoms with Crippen molar-refractivity contribution < 1.29 is 19.4 Å². The predicted molar refractivity (Wildman–Crippen MR) is 76.8 cm³/mol. The number of carbonyl (C=O) groups excluding carboxylic acids is 1. The van der Waals surface area contributed by atoms with Gasteiger partial charge in [-0.1, -0.05) is 0 Å². The lowest BCUT2D eigenvalue weighted by molar-refractivity contribution is -0.133. The van der Waals surface area contributed by atoms with E-state index in [1.54, 1.807) is 24.3 Å². The van der Waals surface area contributed by atoms with Crippen LogP contribution in [0, 0.1) is 0 Å². The molecule has 0 heterocycles. The van der Waals surface area contributed by atoms with Gasteiger partial charge < -0.3 is 15.2 Å². The van der Waals surface area contributed by atoms with Gasteiger partial charge >= 0.3 is 5.97 Å². The highest BCUT2D eigenvalue weighted by Gasteiger charge is 2.12. The Kier molecular flexibility index (Phi) is 5.32. The van der Waals surface area contributed by atoms with Crippen LogP contribution in [0.5, 0.6) is 5.75 Å². The number of amides is 1. The van der Waals surface area contributed by atoms with Gasteiger partial charge in [-0.2, -0.15) is 0 Å². The summed E-state index contributed by atoms with van der Waals surface area (Å²) < 4.78 is 5.49.